The first kappa shape index (κ1) is 24.1. The number of hydrogen-bond donors (Lipinski definition) is 1. The first-order chi connectivity index (χ1) is 17.0. The van der Waals surface area contributed by atoms with Crippen LogP contribution in [0.3, 0.4) is 0 Å². The van der Waals surface area contributed by atoms with Crippen LogP contribution in [0.15, 0.2) is 42.1 Å². The number of thioether (sulfide) groups is 1. The Balaban J connectivity index is 1.20. The van der Waals surface area contributed by atoms with E-state index in [9.17, 15) is 9.59 Å². The number of esters is 1. The summed E-state index contributed by atoms with van der Waals surface area (Å²) in [5.74, 6) is 3.47. The molecule has 2 aromatic rings. The van der Waals surface area contributed by atoms with Crippen LogP contribution in [0.1, 0.15) is 61.6 Å². The lowest BCUT2D eigenvalue weighted by Crippen LogP contribution is -2.47. The molecule has 186 valence electrons. The summed E-state index contributed by atoms with van der Waals surface area (Å²) < 4.78 is 7.13. The highest BCUT2D eigenvalue weighted by Gasteiger charge is 2.51. The van der Waals surface area contributed by atoms with Gasteiger partial charge in [-0.25, -0.2) is 4.79 Å². The lowest BCUT2D eigenvalue weighted by molar-refractivity contribution is -0.113. The molecule has 4 bridgehead atoms. The number of ether oxygens (including phenoxy) is 1. The van der Waals surface area contributed by atoms with Gasteiger partial charge in [-0.2, -0.15) is 0 Å². The van der Waals surface area contributed by atoms with Gasteiger partial charge in [0.25, 0.3) is 0 Å². The number of nitrogens with zero attached hydrogens (tertiary/aromatic N) is 3. The lowest BCUT2D eigenvalue weighted by atomic mass is 9.49. The van der Waals surface area contributed by atoms with E-state index in [4.69, 9.17) is 4.74 Å². The number of carbonyl (C=O) groups excluding carboxylic acids is 2. The Morgan fingerprint density at radius 1 is 1.14 bits per heavy atom. The molecule has 1 aromatic heterocycles. The molecular formula is C27H34N4O3S. The van der Waals surface area contributed by atoms with Crippen molar-refractivity contribution in [2.75, 3.05) is 17.7 Å². The molecule has 0 spiro atoms. The highest BCUT2D eigenvalue weighted by atomic mass is 32.2. The van der Waals surface area contributed by atoms with Crippen molar-refractivity contribution < 1.29 is 14.3 Å². The number of carbonyl (C=O) groups is 2. The van der Waals surface area contributed by atoms with Gasteiger partial charge in [-0.3, -0.25) is 4.79 Å². The van der Waals surface area contributed by atoms with Crippen molar-refractivity contribution in [2.45, 2.75) is 63.6 Å². The molecular weight excluding hydrogens is 460 g/mol. The second-order valence-electron chi connectivity index (χ2n) is 10.5. The predicted octanol–water partition coefficient (Wildman–Crippen LogP) is 5.13. The largest absolute Gasteiger partial charge is 0.462 e. The Hall–Kier alpha value is -2.61. The fourth-order valence-electron chi connectivity index (χ4n) is 6.94. The van der Waals surface area contributed by atoms with E-state index in [2.05, 4.69) is 26.7 Å². The van der Waals surface area contributed by atoms with Crippen LogP contribution in [0, 0.1) is 23.2 Å². The monoisotopic (exact) mass is 494 g/mol. The second-order valence-corrected chi connectivity index (χ2v) is 11.5. The first-order valence-corrected chi connectivity index (χ1v) is 13.7. The van der Waals surface area contributed by atoms with Crippen molar-refractivity contribution in [3.8, 4) is 0 Å². The van der Waals surface area contributed by atoms with Crippen molar-refractivity contribution >= 4 is 29.3 Å². The topological polar surface area (TPSA) is 86.1 Å². The van der Waals surface area contributed by atoms with E-state index < -0.39 is 0 Å². The fraction of sp³-hybridized carbons (Fsp3) is 0.556. The number of hydrogen-bond acceptors (Lipinski definition) is 6. The van der Waals surface area contributed by atoms with E-state index in [0.29, 0.717) is 29.8 Å². The van der Waals surface area contributed by atoms with Crippen molar-refractivity contribution in [3.63, 3.8) is 0 Å². The molecule has 0 aliphatic heterocycles. The summed E-state index contributed by atoms with van der Waals surface area (Å²) in [6.07, 6.45) is 11.2. The second kappa shape index (κ2) is 10.2. The maximum Gasteiger partial charge on any atom is 0.338 e. The standard InChI is InChI=1S/C27H34N4O3S/c1-3-9-31-23(16-27-13-18-10-19(14-27)12-20(11-18)15-27)29-30-26(31)35-17-24(32)28-22-7-5-21(6-8-22)25(33)34-4-2/h3,5-8,18-20H,1,4,9-17H2,2H3,(H,28,32). The smallest absolute Gasteiger partial charge is 0.338 e. The highest BCUT2D eigenvalue weighted by Crippen LogP contribution is 2.61. The molecule has 4 fully saturated rings. The van der Waals surface area contributed by atoms with E-state index >= 15 is 0 Å². The van der Waals surface area contributed by atoms with E-state index in [1.54, 1.807) is 31.2 Å². The summed E-state index contributed by atoms with van der Waals surface area (Å²) >= 11 is 1.40. The van der Waals surface area contributed by atoms with Crippen LogP contribution in [0.25, 0.3) is 0 Å². The Bertz CT molecular complexity index is 1060. The van der Waals surface area contributed by atoms with Crippen LogP contribution in [0.5, 0.6) is 0 Å². The lowest BCUT2D eigenvalue weighted by Gasteiger charge is -2.56. The van der Waals surface area contributed by atoms with Gasteiger partial charge in [0, 0.05) is 18.7 Å². The molecule has 1 aromatic carbocycles. The first-order valence-electron chi connectivity index (χ1n) is 12.7. The Morgan fingerprint density at radius 3 is 2.40 bits per heavy atom. The number of aromatic nitrogens is 3. The third-order valence-corrected chi connectivity index (χ3v) is 8.78. The summed E-state index contributed by atoms with van der Waals surface area (Å²) in [5.41, 5.74) is 1.48. The zero-order valence-electron chi connectivity index (χ0n) is 20.4. The van der Waals surface area contributed by atoms with E-state index in [1.807, 2.05) is 6.08 Å². The third kappa shape index (κ3) is 5.32. The maximum atomic E-state index is 12.6. The minimum Gasteiger partial charge on any atom is -0.462 e. The minimum absolute atomic E-state index is 0.130. The SMILES string of the molecule is C=CCn1c(CC23CC4CC(CC(C4)C2)C3)nnc1SCC(=O)Nc1ccc(C(=O)OCC)cc1. The van der Waals surface area contributed by atoms with Crippen LogP contribution in [-0.4, -0.2) is 39.0 Å². The van der Waals surface area contributed by atoms with Crippen molar-refractivity contribution in [1.82, 2.24) is 14.8 Å². The van der Waals surface area contributed by atoms with Gasteiger partial charge in [-0.05, 0) is 92.9 Å². The van der Waals surface area contributed by atoms with Crippen LogP contribution in [0.4, 0.5) is 5.69 Å². The number of amides is 1. The van der Waals surface area contributed by atoms with Crippen molar-refractivity contribution in [2.24, 2.45) is 23.2 Å². The number of nitrogens with one attached hydrogen (secondary N) is 1. The van der Waals surface area contributed by atoms with Gasteiger partial charge in [0.2, 0.25) is 5.91 Å². The Labute approximate surface area is 211 Å². The van der Waals surface area contributed by atoms with Crippen molar-refractivity contribution in [3.05, 3.63) is 48.3 Å². The molecule has 4 saturated carbocycles. The van der Waals surface area contributed by atoms with E-state index in [-0.39, 0.29) is 17.6 Å². The summed E-state index contributed by atoms with van der Waals surface area (Å²) in [7, 11) is 0. The summed E-state index contributed by atoms with van der Waals surface area (Å²) in [5, 5.41) is 12.7. The minimum atomic E-state index is -0.369. The zero-order valence-corrected chi connectivity index (χ0v) is 21.2. The van der Waals surface area contributed by atoms with E-state index in [0.717, 1.165) is 35.2 Å². The molecule has 1 heterocycles. The summed E-state index contributed by atoms with van der Waals surface area (Å²) in [4.78, 5) is 24.4. The molecule has 0 saturated heterocycles. The van der Waals surface area contributed by atoms with Crippen LogP contribution in [0.2, 0.25) is 0 Å². The number of rotatable bonds is 10. The van der Waals surface area contributed by atoms with Crippen LogP contribution >= 0.6 is 11.8 Å². The molecule has 8 heteroatoms. The van der Waals surface area contributed by atoms with Gasteiger partial charge in [-0.1, -0.05) is 17.8 Å². The Morgan fingerprint density at radius 2 is 1.80 bits per heavy atom. The number of anilines is 1. The number of allylic oxidation sites excluding steroid dienone is 1. The van der Waals surface area contributed by atoms with E-state index in [1.165, 1.54) is 50.3 Å². The molecule has 35 heavy (non-hydrogen) atoms. The Kier molecular flexibility index (Phi) is 7.00. The van der Waals surface area contributed by atoms with Crippen LogP contribution in [-0.2, 0) is 22.5 Å². The molecule has 0 atom stereocenters. The molecule has 1 N–H and O–H groups in total. The molecule has 4 aliphatic carbocycles. The van der Waals surface area contributed by atoms with Gasteiger partial charge >= 0.3 is 5.97 Å². The van der Waals surface area contributed by atoms with Crippen LogP contribution < -0.4 is 5.32 Å². The highest BCUT2D eigenvalue weighted by molar-refractivity contribution is 7.99. The molecule has 0 radical (unpaired) electrons. The summed E-state index contributed by atoms with van der Waals surface area (Å²) in [6.45, 7) is 6.67. The average Bonchev–Trinajstić information content (AvgIpc) is 3.18. The third-order valence-electron chi connectivity index (χ3n) is 7.82. The molecule has 0 unspecified atom stereocenters. The summed E-state index contributed by atoms with van der Waals surface area (Å²) in [6, 6.07) is 6.72. The van der Waals surface area contributed by atoms with Crippen molar-refractivity contribution in [1.29, 1.82) is 0 Å². The van der Waals surface area contributed by atoms with Gasteiger partial charge in [0.1, 0.15) is 5.82 Å². The van der Waals surface area contributed by atoms with Gasteiger partial charge in [0.05, 0.1) is 17.9 Å². The number of benzene rings is 1. The quantitative estimate of drug-likeness (QED) is 0.280. The molecule has 7 nitrogen and oxygen atoms in total. The fourth-order valence-corrected chi connectivity index (χ4v) is 7.71. The normalized spacial score (nSPS) is 26.5. The van der Waals surface area contributed by atoms with Gasteiger partial charge < -0.3 is 14.6 Å². The average molecular weight is 495 g/mol. The molecule has 1 amide bonds. The zero-order chi connectivity index (χ0) is 24.4. The maximum absolute atomic E-state index is 12.6. The van der Waals surface area contributed by atoms with Gasteiger partial charge in [0.15, 0.2) is 5.16 Å². The van der Waals surface area contributed by atoms with Gasteiger partial charge in [-0.15, -0.1) is 16.8 Å². The molecule has 6 rings (SSSR count). The molecule has 4 aliphatic rings. The predicted molar refractivity (Wildman–Crippen MR) is 136 cm³/mol.